The molecule has 0 saturated heterocycles. The summed E-state index contributed by atoms with van der Waals surface area (Å²) >= 11 is 8.48. The highest BCUT2D eigenvalue weighted by molar-refractivity contribution is 9.10. The molecule has 1 N–H and O–H groups in total. The highest BCUT2D eigenvalue weighted by atomic mass is 79.9. The molecule has 0 saturated carbocycles. The van der Waals surface area contributed by atoms with E-state index in [-0.39, 0.29) is 27.9 Å². The van der Waals surface area contributed by atoms with Crippen LogP contribution in [0.25, 0.3) is 0 Å². The molecule has 0 amide bonds. The van der Waals surface area contributed by atoms with Crippen LogP contribution >= 0.6 is 27.5 Å². The summed E-state index contributed by atoms with van der Waals surface area (Å²) in [4.78, 5) is 0. The van der Waals surface area contributed by atoms with Crippen LogP contribution in [0.15, 0.2) is 27.1 Å². The molecule has 0 atom stereocenters. The summed E-state index contributed by atoms with van der Waals surface area (Å²) in [5.41, 5.74) is -0.618. The standard InChI is InChI=1S/C10H6BrClF3N3O/c11-6-1-5(10(13,14)15)2-7(3-6)16-9-18-17-8(4-12)19-9/h1-3H,4H2,(H,16,18). The number of hydrogen-bond acceptors (Lipinski definition) is 4. The van der Waals surface area contributed by atoms with Gasteiger partial charge in [0.05, 0.1) is 5.56 Å². The highest BCUT2D eigenvalue weighted by Gasteiger charge is 2.31. The molecule has 0 spiro atoms. The molecule has 4 nitrogen and oxygen atoms in total. The smallest absolute Gasteiger partial charge is 0.407 e. The summed E-state index contributed by atoms with van der Waals surface area (Å²) in [6.45, 7) is 0. The minimum Gasteiger partial charge on any atom is -0.407 e. The molecule has 9 heteroatoms. The summed E-state index contributed by atoms with van der Waals surface area (Å²) in [5.74, 6) is 0.205. The van der Waals surface area contributed by atoms with E-state index < -0.39 is 11.7 Å². The van der Waals surface area contributed by atoms with Crippen molar-refractivity contribution >= 4 is 39.2 Å². The zero-order valence-corrected chi connectivity index (χ0v) is 11.5. The van der Waals surface area contributed by atoms with Gasteiger partial charge in [0, 0.05) is 10.2 Å². The number of anilines is 2. The summed E-state index contributed by atoms with van der Waals surface area (Å²) in [5, 5.41) is 9.76. The molecule has 1 heterocycles. The van der Waals surface area contributed by atoms with Crippen LogP contribution in [0.3, 0.4) is 0 Å². The van der Waals surface area contributed by atoms with Gasteiger partial charge in [-0.1, -0.05) is 21.0 Å². The highest BCUT2D eigenvalue weighted by Crippen LogP contribution is 2.34. The molecule has 102 valence electrons. The van der Waals surface area contributed by atoms with Gasteiger partial charge in [0.15, 0.2) is 0 Å². The fraction of sp³-hybridized carbons (Fsp3) is 0.200. The third-order valence-electron chi connectivity index (χ3n) is 2.06. The number of benzene rings is 1. The third-order valence-corrected chi connectivity index (χ3v) is 2.74. The summed E-state index contributed by atoms with van der Waals surface area (Å²) in [7, 11) is 0. The van der Waals surface area contributed by atoms with Crippen molar-refractivity contribution in [2.75, 3.05) is 5.32 Å². The molecule has 2 aromatic rings. The molecular formula is C10H6BrClF3N3O. The van der Waals surface area contributed by atoms with Gasteiger partial charge >= 0.3 is 12.2 Å². The Morgan fingerprint density at radius 2 is 2.00 bits per heavy atom. The average molecular weight is 357 g/mol. The van der Waals surface area contributed by atoms with E-state index in [1.54, 1.807) is 0 Å². The van der Waals surface area contributed by atoms with Crippen LogP contribution in [-0.4, -0.2) is 10.2 Å². The van der Waals surface area contributed by atoms with Crippen molar-refractivity contribution in [3.63, 3.8) is 0 Å². The first-order valence-corrected chi connectivity index (χ1v) is 6.24. The van der Waals surface area contributed by atoms with Gasteiger partial charge in [-0.15, -0.1) is 16.7 Å². The number of nitrogens with one attached hydrogen (secondary N) is 1. The normalized spacial score (nSPS) is 11.6. The van der Waals surface area contributed by atoms with E-state index in [0.717, 1.165) is 12.1 Å². The summed E-state index contributed by atoms with van der Waals surface area (Å²) in [6.07, 6.45) is -4.43. The van der Waals surface area contributed by atoms with Gasteiger partial charge in [0.1, 0.15) is 5.88 Å². The van der Waals surface area contributed by atoms with Gasteiger partial charge in [-0.25, -0.2) is 0 Å². The third kappa shape index (κ3) is 3.60. The molecule has 0 aliphatic heterocycles. The van der Waals surface area contributed by atoms with Crippen molar-refractivity contribution in [3.05, 3.63) is 34.1 Å². The fourth-order valence-electron chi connectivity index (χ4n) is 1.31. The zero-order valence-electron chi connectivity index (χ0n) is 9.13. The number of aromatic nitrogens is 2. The Labute approximate surface area is 119 Å². The number of rotatable bonds is 3. The lowest BCUT2D eigenvalue weighted by Crippen LogP contribution is -2.05. The summed E-state index contributed by atoms with van der Waals surface area (Å²) < 4.78 is 43.2. The maximum absolute atomic E-state index is 12.6. The van der Waals surface area contributed by atoms with E-state index in [1.807, 2.05) is 0 Å². The monoisotopic (exact) mass is 355 g/mol. The van der Waals surface area contributed by atoms with Crippen LogP contribution < -0.4 is 5.32 Å². The first kappa shape index (κ1) is 14.1. The van der Waals surface area contributed by atoms with Gasteiger partial charge in [-0.3, -0.25) is 0 Å². The first-order chi connectivity index (χ1) is 8.88. The van der Waals surface area contributed by atoms with Gasteiger partial charge < -0.3 is 9.73 Å². The number of nitrogens with zero attached hydrogens (tertiary/aromatic N) is 2. The van der Waals surface area contributed by atoms with E-state index in [4.69, 9.17) is 16.0 Å². The van der Waals surface area contributed by atoms with E-state index >= 15 is 0 Å². The van der Waals surface area contributed by atoms with E-state index in [1.165, 1.54) is 6.07 Å². The van der Waals surface area contributed by atoms with Crippen molar-refractivity contribution in [1.82, 2.24) is 10.2 Å². The Balaban J connectivity index is 2.27. The molecule has 0 aliphatic rings. The van der Waals surface area contributed by atoms with Crippen LogP contribution in [0, 0.1) is 0 Å². The van der Waals surface area contributed by atoms with Crippen molar-refractivity contribution in [3.8, 4) is 0 Å². The SMILES string of the molecule is FC(F)(F)c1cc(Br)cc(Nc2nnc(CCl)o2)c1. The maximum Gasteiger partial charge on any atom is 0.416 e. The van der Waals surface area contributed by atoms with Crippen molar-refractivity contribution in [1.29, 1.82) is 0 Å². The molecule has 1 aromatic carbocycles. The predicted octanol–water partition coefficient (Wildman–Crippen LogP) is 4.33. The molecule has 1 aromatic heterocycles. The maximum atomic E-state index is 12.6. The van der Waals surface area contributed by atoms with Gasteiger partial charge in [-0.2, -0.15) is 13.2 Å². The molecule has 0 unspecified atom stereocenters. The molecule has 2 rings (SSSR count). The quantitative estimate of drug-likeness (QED) is 0.832. The van der Waals surface area contributed by atoms with Gasteiger partial charge in [0.25, 0.3) is 0 Å². The van der Waals surface area contributed by atoms with Crippen molar-refractivity contribution in [2.45, 2.75) is 12.1 Å². The lowest BCUT2D eigenvalue weighted by molar-refractivity contribution is -0.137. The molecule has 0 bridgehead atoms. The Kier molecular flexibility index (Phi) is 4.00. The van der Waals surface area contributed by atoms with Crippen LogP contribution in [-0.2, 0) is 12.1 Å². The molecular weight excluding hydrogens is 350 g/mol. The van der Waals surface area contributed by atoms with E-state index in [0.29, 0.717) is 0 Å². The second-order valence-electron chi connectivity index (χ2n) is 3.49. The van der Waals surface area contributed by atoms with Crippen molar-refractivity contribution < 1.29 is 17.6 Å². The largest absolute Gasteiger partial charge is 0.416 e. The lowest BCUT2D eigenvalue weighted by Gasteiger charge is -2.09. The molecule has 0 fully saturated rings. The van der Waals surface area contributed by atoms with E-state index in [9.17, 15) is 13.2 Å². The minimum atomic E-state index is -4.43. The van der Waals surface area contributed by atoms with E-state index in [2.05, 4.69) is 31.4 Å². The number of alkyl halides is 4. The number of halogens is 5. The van der Waals surface area contributed by atoms with Crippen LogP contribution in [0.2, 0.25) is 0 Å². The number of hydrogen-bond donors (Lipinski definition) is 1. The average Bonchev–Trinajstić information content (AvgIpc) is 2.75. The summed E-state index contributed by atoms with van der Waals surface area (Å²) in [6, 6.07) is 3.35. The minimum absolute atomic E-state index is 0.0260. The Hall–Kier alpha value is -1.28. The van der Waals surface area contributed by atoms with Crippen LogP contribution in [0.4, 0.5) is 24.9 Å². The zero-order chi connectivity index (χ0) is 14.0. The van der Waals surface area contributed by atoms with Crippen LogP contribution in [0.5, 0.6) is 0 Å². The van der Waals surface area contributed by atoms with Gasteiger partial charge in [-0.05, 0) is 18.2 Å². The molecule has 19 heavy (non-hydrogen) atoms. The predicted molar refractivity (Wildman–Crippen MR) is 66.3 cm³/mol. The molecule has 0 radical (unpaired) electrons. The Morgan fingerprint density at radius 3 is 2.58 bits per heavy atom. The fourth-order valence-corrected chi connectivity index (χ4v) is 1.91. The van der Waals surface area contributed by atoms with Gasteiger partial charge in [0.2, 0.25) is 5.89 Å². The lowest BCUT2D eigenvalue weighted by atomic mass is 10.2. The topological polar surface area (TPSA) is 51.0 Å². The molecule has 0 aliphatic carbocycles. The van der Waals surface area contributed by atoms with Crippen LogP contribution in [0.1, 0.15) is 11.5 Å². The first-order valence-electron chi connectivity index (χ1n) is 4.91. The second kappa shape index (κ2) is 5.38. The Morgan fingerprint density at radius 1 is 1.26 bits per heavy atom. The second-order valence-corrected chi connectivity index (χ2v) is 4.67. The Bertz CT molecular complexity index is 588. The van der Waals surface area contributed by atoms with Crippen molar-refractivity contribution in [2.24, 2.45) is 0 Å².